The normalized spacial score (nSPS) is 14.6. The maximum atomic E-state index is 13.3. The maximum Gasteiger partial charge on any atom is 0.408 e. The number of carbonyl (C=O) groups excluding carboxylic acids is 3. The van der Waals surface area contributed by atoms with E-state index in [4.69, 9.17) is 18.7 Å². The summed E-state index contributed by atoms with van der Waals surface area (Å²) >= 11 is 0. The van der Waals surface area contributed by atoms with Gasteiger partial charge in [0, 0.05) is 13.3 Å². The van der Waals surface area contributed by atoms with Crippen LogP contribution in [-0.4, -0.2) is 50.8 Å². The van der Waals surface area contributed by atoms with Gasteiger partial charge in [-0.05, 0) is 18.9 Å². The molecule has 1 aromatic rings. The largest absolute Gasteiger partial charge is 0.469 e. The standard InChI is InChI=1S/C21H32NO8P/c1-5-6-12-29-19(23)13-18(20(24)27-3)15-31(26,28-4)16(2)22-21(25)30-14-17-10-8-7-9-11-17/h7-11,16,18H,5-6,12-15H2,1-4H3,(H,22,25). The highest BCUT2D eigenvalue weighted by molar-refractivity contribution is 7.59. The van der Waals surface area contributed by atoms with E-state index in [0.717, 1.165) is 12.0 Å². The molecule has 174 valence electrons. The van der Waals surface area contributed by atoms with Crippen LogP contribution in [0.15, 0.2) is 30.3 Å². The molecule has 0 saturated carbocycles. The highest BCUT2D eigenvalue weighted by Gasteiger charge is 2.38. The number of hydrogen-bond acceptors (Lipinski definition) is 8. The first kappa shape index (κ1) is 26.7. The number of benzene rings is 1. The van der Waals surface area contributed by atoms with Crippen molar-refractivity contribution in [3.8, 4) is 0 Å². The first-order valence-electron chi connectivity index (χ1n) is 10.1. The van der Waals surface area contributed by atoms with Gasteiger partial charge in [0.1, 0.15) is 12.4 Å². The van der Waals surface area contributed by atoms with Crippen LogP contribution in [0.2, 0.25) is 0 Å². The van der Waals surface area contributed by atoms with Crippen molar-refractivity contribution in [1.29, 1.82) is 0 Å². The molecular formula is C21H32NO8P. The van der Waals surface area contributed by atoms with E-state index in [-0.39, 0.29) is 25.8 Å². The zero-order valence-electron chi connectivity index (χ0n) is 18.5. The number of esters is 2. The van der Waals surface area contributed by atoms with Crippen molar-refractivity contribution in [3.63, 3.8) is 0 Å². The van der Waals surface area contributed by atoms with Gasteiger partial charge in [-0.25, -0.2) is 4.79 Å². The molecule has 0 bridgehead atoms. The van der Waals surface area contributed by atoms with E-state index in [1.54, 1.807) is 12.1 Å². The molecule has 0 fully saturated rings. The van der Waals surface area contributed by atoms with Crippen molar-refractivity contribution in [2.45, 2.75) is 45.5 Å². The molecule has 1 rings (SSSR count). The minimum atomic E-state index is -3.57. The third-order valence-electron chi connectivity index (χ3n) is 4.62. The summed E-state index contributed by atoms with van der Waals surface area (Å²) in [5.74, 6) is -3.28. The molecule has 0 aliphatic carbocycles. The SMILES string of the molecule is CCCCOC(=O)CC(CP(=O)(OC)C(C)NC(=O)OCc1ccccc1)C(=O)OC. The molecule has 3 unspecified atom stereocenters. The number of amides is 1. The molecule has 0 aromatic heterocycles. The van der Waals surface area contributed by atoms with E-state index < -0.39 is 37.1 Å². The average Bonchev–Trinajstić information content (AvgIpc) is 2.77. The molecule has 1 amide bonds. The van der Waals surface area contributed by atoms with Gasteiger partial charge in [-0.1, -0.05) is 43.7 Å². The second-order valence-corrected chi connectivity index (χ2v) is 9.93. The number of methoxy groups -OCH3 is 1. The van der Waals surface area contributed by atoms with Crippen LogP contribution < -0.4 is 5.32 Å². The Morgan fingerprint density at radius 3 is 2.35 bits per heavy atom. The summed E-state index contributed by atoms with van der Waals surface area (Å²) in [7, 11) is -1.17. The Kier molecular flexibility index (Phi) is 11.9. The lowest BCUT2D eigenvalue weighted by atomic mass is 10.1. The van der Waals surface area contributed by atoms with E-state index >= 15 is 0 Å². The van der Waals surface area contributed by atoms with Crippen molar-refractivity contribution in [1.82, 2.24) is 5.32 Å². The molecule has 0 radical (unpaired) electrons. The van der Waals surface area contributed by atoms with Crippen LogP contribution in [0.3, 0.4) is 0 Å². The van der Waals surface area contributed by atoms with Gasteiger partial charge in [-0.2, -0.15) is 0 Å². The highest BCUT2D eigenvalue weighted by atomic mass is 31.2. The molecule has 3 atom stereocenters. The van der Waals surface area contributed by atoms with E-state index in [1.165, 1.54) is 21.1 Å². The molecule has 10 heteroatoms. The monoisotopic (exact) mass is 457 g/mol. The molecule has 0 aliphatic rings. The van der Waals surface area contributed by atoms with Gasteiger partial charge in [0.25, 0.3) is 0 Å². The Bertz CT molecular complexity index is 755. The first-order chi connectivity index (χ1) is 14.8. The maximum absolute atomic E-state index is 13.3. The minimum Gasteiger partial charge on any atom is -0.469 e. The van der Waals surface area contributed by atoms with Crippen molar-refractivity contribution < 1.29 is 37.7 Å². The smallest absolute Gasteiger partial charge is 0.408 e. The van der Waals surface area contributed by atoms with Gasteiger partial charge in [-0.15, -0.1) is 0 Å². The van der Waals surface area contributed by atoms with Crippen molar-refractivity contribution in [3.05, 3.63) is 35.9 Å². The van der Waals surface area contributed by atoms with Crippen molar-refractivity contribution in [2.24, 2.45) is 5.92 Å². The lowest BCUT2D eigenvalue weighted by molar-refractivity contribution is -0.152. The summed E-state index contributed by atoms with van der Waals surface area (Å²) in [4.78, 5) is 36.3. The summed E-state index contributed by atoms with van der Waals surface area (Å²) in [6.07, 6.45) is 0.198. The molecule has 0 spiro atoms. The number of rotatable bonds is 13. The molecular weight excluding hydrogens is 425 g/mol. The Hall–Kier alpha value is -2.38. The summed E-state index contributed by atoms with van der Waals surface area (Å²) in [5.41, 5.74) is 0.799. The minimum absolute atomic E-state index is 0.0467. The topological polar surface area (TPSA) is 117 Å². The predicted molar refractivity (Wildman–Crippen MR) is 115 cm³/mol. The van der Waals surface area contributed by atoms with Crippen LogP contribution in [0, 0.1) is 5.92 Å². The molecule has 0 saturated heterocycles. The van der Waals surface area contributed by atoms with Crippen LogP contribution in [0.5, 0.6) is 0 Å². The Morgan fingerprint density at radius 2 is 1.77 bits per heavy atom. The summed E-state index contributed by atoms with van der Waals surface area (Å²) in [5, 5.41) is 2.48. The number of ether oxygens (including phenoxy) is 3. The zero-order chi connectivity index (χ0) is 23.3. The third-order valence-corrected chi connectivity index (χ3v) is 7.50. The summed E-state index contributed by atoms with van der Waals surface area (Å²) < 4.78 is 33.5. The fraction of sp³-hybridized carbons (Fsp3) is 0.571. The molecule has 1 N–H and O–H groups in total. The van der Waals surface area contributed by atoms with Crippen LogP contribution >= 0.6 is 7.37 Å². The van der Waals surface area contributed by atoms with Crippen LogP contribution in [0.25, 0.3) is 0 Å². The van der Waals surface area contributed by atoms with E-state index in [0.29, 0.717) is 6.42 Å². The zero-order valence-corrected chi connectivity index (χ0v) is 19.4. The van der Waals surface area contributed by atoms with Gasteiger partial charge >= 0.3 is 18.0 Å². The van der Waals surface area contributed by atoms with E-state index in [9.17, 15) is 18.9 Å². The fourth-order valence-electron chi connectivity index (χ4n) is 2.71. The molecule has 1 aromatic carbocycles. The van der Waals surface area contributed by atoms with Gasteiger partial charge in [0.15, 0.2) is 0 Å². The number of unbranched alkanes of at least 4 members (excludes halogenated alkanes) is 1. The van der Waals surface area contributed by atoms with Crippen molar-refractivity contribution in [2.75, 3.05) is 27.0 Å². The Morgan fingerprint density at radius 1 is 1.10 bits per heavy atom. The Labute approximate surface area is 183 Å². The van der Waals surface area contributed by atoms with Crippen LogP contribution in [0.4, 0.5) is 4.79 Å². The second kappa shape index (κ2) is 13.8. The number of nitrogens with one attached hydrogen (secondary N) is 1. The van der Waals surface area contributed by atoms with E-state index in [2.05, 4.69) is 5.32 Å². The quantitative estimate of drug-likeness (QED) is 0.206. The van der Waals surface area contributed by atoms with Gasteiger partial charge < -0.3 is 24.1 Å². The first-order valence-corrected chi connectivity index (χ1v) is 12.0. The third kappa shape index (κ3) is 9.53. The van der Waals surface area contributed by atoms with Crippen LogP contribution in [0.1, 0.15) is 38.7 Å². The molecule has 9 nitrogen and oxygen atoms in total. The second-order valence-electron chi connectivity index (χ2n) is 6.97. The number of alkyl carbamates (subject to hydrolysis) is 1. The Balaban J connectivity index is 2.73. The van der Waals surface area contributed by atoms with Crippen LogP contribution in [-0.2, 0) is 39.5 Å². The number of carbonyl (C=O) groups is 3. The lowest BCUT2D eigenvalue weighted by Crippen LogP contribution is -2.36. The highest BCUT2D eigenvalue weighted by Crippen LogP contribution is 2.52. The van der Waals surface area contributed by atoms with Crippen molar-refractivity contribution >= 4 is 25.4 Å². The number of hydrogen-bond donors (Lipinski definition) is 1. The molecule has 31 heavy (non-hydrogen) atoms. The van der Waals surface area contributed by atoms with E-state index in [1.807, 2.05) is 25.1 Å². The summed E-state index contributed by atoms with van der Waals surface area (Å²) in [6.45, 7) is 3.74. The fourth-order valence-corrected chi connectivity index (χ4v) is 4.69. The molecule has 0 aliphatic heterocycles. The van der Waals surface area contributed by atoms with Gasteiger partial charge in [0.2, 0.25) is 7.37 Å². The van der Waals surface area contributed by atoms with Gasteiger partial charge in [-0.3, -0.25) is 14.2 Å². The average molecular weight is 457 g/mol. The lowest BCUT2D eigenvalue weighted by Gasteiger charge is -2.26. The van der Waals surface area contributed by atoms with Gasteiger partial charge in [0.05, 0.1) is 26.1 Å². The molecule has 0 heterocycles. The summed E-state index contributed by atoms with van der Waals surface area (Å²) in [6, 6.07) is 9.09. The predicted octanol–water partition coefficient (Wildman–Crippen LogP) is 3.71.